The van der Waals surface area contributed by atoms with Crippen LogP contribution in [0.2, 0.25) is 0 Å². The Morgan fingerprint density at radius 3 is 2.75 bits per heavy atom. The number of pyridine rings is 1. The maximum absolute atomic E-state index is 12.6. The van der Waals surface area contributed by atoms with E-state index in [0.29, 0.717) is 11.8 Å². The molecule has 0 radical (unpaired) electrons. The van der Waals surface area contributed by atoms with Crippen LogP contribution < -0.4 is 5.32 Å². The highest BCUT2D eigenvalue weighted by Gasteiger charge is 2.32. The molecule has 2 saturated heterocycles. The van der Waals surface area contributed by atoms with Crippen molar-refractivity contribution in [3.05, 3.63) is 36.3 Å². The first-order valence-electron chi connectivity index (χ1n) is 8.85. The van der Waals surface area contributed by atoms with Crippen LogP contribution in [0.25, 0.3) is 5.65 Å². The van der Waals surface area contributed by atoms with E-state index in [2.05, 4.69) is 32.7 Å². The summed E-state index contributed by atoms with van der Waals surface area (Å²) in [5.74, 6) is 0.999. The van der Waals surface area contributed by atoms with Crippen LogP contribution in [0.1, 0.15) is 12.6 Å². The van der Waals surface area contributed by atoms with Gasteiger partial charge in [-0.15, -0.1) is 0 Å². The number of fused-ring (bicyclic) bond motifs is 1. The van der Waals surface area contributed by atoms with E-state index >= 15 is 0 Å². The number of amides is 1. The fraction of sp³-hybridized carbons (Fsp3) is 0.556. The van der Waals surface area contributed by atoms with Crippen molar-refractivity contribution in [1.29, 1.82) is 0 Å². The van der Waals surface area contributed by atoms with Gasteiger partial charge in [0.1, 0.15) is 5.65 Å². The molecule has 2 fully saturated rings. The van der Waals surface area contributed by atoms with Gasteiger partial charge in [0.25, 0.3) is 0 Å². The van der Waals surface area contributed by atoms with Gasteiger partial charge in [0.05, 0.1) is 5.69 Å². The summed E-state index contributed by atoms with van der Waals surface area (Å²) < 4.78 is 2.06. The molecule has 2 aliphatic heterocycles. The minimum atomic E-state index is 0.149. The first kappa shape index (κ1) is 15.6. The Morgan fingerprint density at radius 2 is 2.08 bits per heavy atom. The predicted octanol–water partition coefficient (Wildman–Crippen LogP) is 0.834. The Labute approximate surface area is 142 Å². The molecule has 0 aromatic carbocycles. The van der Waals surface area contributed by atoms with Crippen molar-refractivity contribution >= 4 is 11.6 Å². The van der Waals surface area contributed by atoms with E-state index in [-0.39, 0.29) is 5.92 Å². The Hall–Kier alpha value is -1.92. The molecule has 0 aliphatic carbocycles. The molecule has 2 aromatic rings. The van der Waals surface area contributed by atoms with Crippen LogP contribution in [0.5, 0.6) is 0 Å². The summed E-state index contributed by atoms with van der Waals surface area (Å²) in [6.45, 7) is 8.42. The summed E-state index contributed by atoms with van der Waals surface area (Å²) in [6.07, 6.45) is 4.12. The Kier molecular flexibility index (Phi) is 4.24. The molecule has 128 valence electrons. The quantitative estimate of drug-likeness (QED) is 0.904. The number of carbonyl (C=O) groups excluding carboxylic acids is 1. The van der Waals surface area contributed by atoms with Gasteiger partial charge in [0, 0.05) is 51.0 Å². The van der Waals surface area contributed by atoms with Gasteiger partial charge in [0.15, 0.2) is 0 Å². The van der Waals surface area contributed by atoms with E-state index in [0.717, 1.165) is 57.2 Å². The van der Waals surface area contributed by atoms with Gasteiger partial charge >= 0.3 is 0 Å². The molecule has 0 saturated carbocycles. The molecule has 4 rings (SSSR count). The standard InChI is InChI=1S/C18H25N5O/c1-14(15-10-19-11-15)18(24)22-8-6-21(7-9-22)12-16-13-23-5-3-2-4-17(23)20-16/h2-5,13-15,19H,6-12H2,1H3. The highest BCUT2D eigenvalue weighted by Crippen LogP contribution is 2.19. The van der Waals surface area contributed by atoms with Crippen molar-refractivity contribution in [2.75, 3.05) is 39.3 Å². The summed E-state index contributed by atoms with van der Waals surface area (Å²) in [4.78, 5) is 21.7. The van der Waals surface area contributed by atoms with Crippen LogP contribution in [0, 0.1) is 11.8 Å². The average Bonchev–Trinajstić information content (AvgIpc) is 2.95. The molecular formula is C18H25N5O. The maximum Gasteiger partial charge on any atom is 0.225 e. The Balaban J connectivity index is 1.31. The fourth-order valence-electron chi connectivity index (χ4n) is 3.57. The molecular weight excluding hydrogens is 302 g/mol. The van der Waals surface area contributed by atoms with Crippen molar-refractivity contribution in [3.63, 3.8) is 0 Å². The normalized spacial score (nSPS) is 21.0. The second-order valence-electron chi connectivity index (χ2n) is 7.01. The Morgan fingerprint density at radius 1 is 1.29 bits per heavy atom. The number of hydrogen-bond acceptors (Lipinski definition) is 4. The maximum atomic E-state index is 12.6. The number of piperazine rings is 1. The molecule has 6 heteroatoms. The number of hydrogen-bond donors (Lipinski definition) is 1. The fourth-order valence-corrected chi connectivity index (χ4v) is 3.57. The highest BCUT2D eigenvalue weighted by molar-refractivity contribution is 5.79. The molecule has 1 unspecified atom stereocenters. The van der Waals surface area contributed by atoms with Crippen LogP contribution in [-0.4, -0.2) is 64.4 Å². The van der Waals surface area contributed by atoms with Gasteiger partial charge in [-0.3, -0.25) is 9.69 Å². The number of aromatic nitrogens is 2. The topological polar surface area (TPSA) is 52.9 Å². The smallest absolute Gasteiger partial charge is 0.225 e. The predicted molar refractivity (Wildman–Crippen MR) is 92.6 cm³/mol. The van der Waals surface area contributed by atoms with E-state index < -0.39 is 0 Å². The average molecular weight is 327 g/mol. The monoisotopic (exact) mass is 327 g/mol. The number of imidazole rings is 1. The van der Waals surface area contributed by atoms with E-state index in [9.17, 15) is 4.79 Å². The lowest BCUT2D eigenvalue weighted by Gasteiger charge is -2.39. The Bertz CT molecular complexity index is 682. The van der Waals surface area contributed by atoms with Crippen LogP contribution in [-0.2, 0) is 11.3 Å². The van der Waals surface area contributed by atoms with Crippen molar-refractivity contribution in [3.8, 4) is 0 Å². The SMILES string of the molecule is CC(C(=O)N1CCN(Cc2cn3ccccc3n2)CC1)C1CNC1. The lowest BCUT2D eigenvalue weighted by atomic mass is 9.88. The van der Waals surface area contributed by atoms with Gasteiger partial charge in [0.2, 0.25) is 5.91 Å². The van der Waals surface area contributed by atoms with Gasteiger partial charge in [-0.05, 0) is 31.1 Å². The second kappa shape index (κ2) is 6.53. The van der Waals surface area contributed by atoms with E-state index in [1.54, 1.807) is 0 Å². The molecule has 1 N–H and O–H groups in total. The molecule has 2 aliphatic rings. The van der Waals surface area contributed by atoms with Crippen molar-refractivity contribution in [1.82, 2.24) is 24.5 Å². The zero-order chi connectivity index (χ0) is 16.5. The number of nitrogens with zero attached hydrogens (tertiary/aromatic N) is 4. The molecule has 6 nitrogen and oxygen atoms in total. The molecule has 0 bridgehead atoms. The third kappa shape index (κ3) is 3.03. The summed E-state index contributed by atoms with van der Waals surface area (Å²) in [5.41, 5.74) is 2.08. The van der Waals surface area contributed by atoms with Crippen LogP contribution in [0.3, 0.4) is 0 Å². The van der Waals surface area contributed by atoms with E-state index in [4.69, 9.17) is 0 Å². The number of nitrogens with one attached hydrogen (secondary N) is 1. The molecule has 24 heavy (non-hydrogen) atoms. The summed E-state index contributed by atoms with van der Waals surface area (Å²) in [5, 5.41) is 3.26. The number of carbonyl (C=O) groups is 1. The van der Waals surface area contributed by atoms with Gasteiger partial charge in [-0.1, -0.05) is 13.0 Å². The minimum absolute atomic E-state index is 0.149. The zero-order valence-electron chi connectivity index (χ0n) is 14.2. The van der Waals surface area contributed by atoms with Crippen molar-refractivity contribution in [2.45, 2.75) is 13.5 Å². The van der Waals surface area contributed by atoms with Gasteiger partial charge < -0.3 is 14.6 Å². The van der Waals surface area contributed by atoms with Crippen LogP contribution >= 0.6 is 0 Å². The third-order valence-corrected chi connectivity index (χ3v) is 5.39. The third-order valence-electron chi connectivity index (χ3n) is 5.39. The van der Waals surface area contributed by atoms with Gasteiger partial charge in [-0.25, -0.2) is 4.98 Å². The second-order valence-corrected chi connectivity index (χ2v) is 7.01. The zero-order valence-corrected chi connectivity index (χ0v) is 14.2. The molecule has 2 aromatic heterocycles. The summed E-state index contributed by atoms with van der Waals surface area (Å²) in [7, 11) is 0. The minimum Gasteiger partial charge on any atom is -0.340 e. The molecule has 0 spiro atoms. The van der Waals surface area contributed by atoms with Crippen molar-refractivity contribution < 1.29 is 4.79 Å². The van der Waals surface area contributed by atoms with E-state index in [1.807, 2.05) is 29.3 Å². The van der Waals surface area contributed by atoms with Crippen molar-refractivity contribution in [2.24, 2.45) is 11.8 Å². The highest BCUT2D eigenvalue weighted by atomic mass is 16.2. The number of rotatable bonds is 4. The summed E-state index contributed by atoms with van der Waals surface area (Å²) in [6, 6.07) is 6.05. The largest absolute Gasteiger partial charge is 0.340 e. The summed E-state index contributed by atoms with van der Waals surface area (Å²) >= 11 is 0. The van der Waals surface area contributed by atoms with E-state index in [1.165, 1.54) is 0 Å². The first-order valence-corrected chi connectivity index (χ1v) is 8.85. The molecule has 1 amide bonds. The molecule has 1 atom stereocenters. The van der Waals surface area contributed by atoms with Crippen LogP contribution in [0.15, 0.2) is 30.6 Å². The van der Waals surface area contributed by atoms with Gasteiger partial charge in [-0.2, -0.15) is 0 Å². The molecule has 4 heterocycles. The lowest BCUT2D eigenvalue weighted by molar-refractivity contribution is -0.139. The first-order chi connectivity index (χ1) is 11.7. The van der Waals surface area contributed by atoms with Crippen LogP contribution in [0.4, 0.5) is 0 Å². The lowest BCUT2D eigenvalue weighted by Crippen LogP contribution is -2.54.